The maximum Gasteiger partial charge on any atom is 0.173 e. The molecule has 2 N–H and O–H groups in total. The summed E-state index contributed by atoms with van der Waals surface area (Å²) in [6, 6.07) is 0. The van der Waals surface area contributed by atoms with Crippen molar-refractivity contribution in [1.29, 1.82) is 0 Å². The van der Waals surface area contributed by atoms with Gasteiger partial charge in [-0.1, -0.05) is 0 Å². The van der Waals surface area contributed by atoms with E-state index in [-0.39, 0.29) is 0 Å². The summed E-state index contributed by atoms with van der Waals surface area (Å²) in [6.45, 7) is 1.05. The summed E-state index contributed by atoms with van der Waals surface area (Å²) in [7, 11) is 1.96. The summed E-state index contributed by atoms with van der Waals surface area (Å²) < 4.78 is 0. The van der Waals surface area contributed by atoms with Gasteiger partial charge >= 0.3 is 0 Å². The van der Waals surface area contributed by atoms with E-state index in [0.29, 0.717) is 0 Å². The van der Waals surface area contributed by atoms with Crippen LogP contribution in [-0.4, -0.2) is 23.6 Å². The van der Waals surface area contributed by atoms with Gasteiger partial charge in [0.1, 0.15) is 0 Å². The summed E-state index contributed by atoms with van der Waals surface area (Å²) in [4.78, 5) is 6.78. The fourth-order valence-electron chi connectivity index (χ4n) is 0.826. The fraction of sp³-hybridized carbons (Fsp3) is 0.571. The number of nitrogens with zero attached hydrogens (tertiary/aromatic N) is 1. The van der Waals surface area contributed by atoms with E-state index in [9.17, 15) is 0 Å². The number of hydrogen-bond donors (Lipinski definition) is 2. The van der Waals surface area contributed by atoms with E-state index in [4.69, 9.17) is 0 Å². The molecule has 1 heterocycles. The van der Waals surface area contributed by atoms with Crippen LogP contribution >= 0.6 is 0 Å². The van der Waals surface area contributed by atoms with Crippen molar-refractivity contribution in [3.05, 3.63) is 18.2 Å². The minimum absolute atomic E-state index is 1.03. The van der Waals surface area contributed by atoms with Gasteiger partial charge in [-0.3, -0.25) is 0 Å². The van der Waals surface area contributed by atoms with E-state index < -0.39 is 0 Å². The Morgan fingerprint density at radius 3 is 3.30 bits per heavy atom. The van der Waals surface area contributed by atoms with Crippen LogP contribution in [0.4, 0.5) is 0 Å². The van der Waals surface area contributed by atoms with Gasteiger partial charge in [-0.25, -0.2) is 4.98 Å². The van der Waals surface area contributed by atoms with Gasteiger partial charge in [0.05, 0.1) is 5.69 Å². The Morgan fingerprint density at radius 1 is 1.80 bits per heavy atom. The monoisotopic (exact) mass is 138 g/mol. The van der Waals surface area contributed by atoms with Gasteiger partial charge in [0.15, 0.2) is 6.33 Å². The standard InChI is InChI=1S/C7H12N3/c1-8-4-2-3-7-5-9-6-10-7/h5,8H,2-4H2,1H3,(H,9,10). The number of rotatable bonds is 4. The van der Waals surface area contributed by atoms with Gasteiger partial charge < -0.3 is 10.3 Å². The Balaban J connectivity index is 2.15. The van der Waals surface area contributed by atoms with Gasteiger partial charge in [0, 0.05) is 6.20 Å². The lowest BCUT2D eigenvalue weighted by molar-refractivity contribution is 0.717. The van der Waals surface area contributed by atoms with E-state index in [0.717, 1.165) is 25.1 Å². The number of nitrogens with one attached hydrogen (secondary N) is 2. The molecule has 0 aliphatic carbocycles. The first kappa shape index (κ1) is 7.28. The average molecular weight is 138 g/mol. The SMILES string of the molecule is CNCCCc1c[nH][c]n1. The molecule has 3 heteroatoms. The molecule has 0 aliphatic rings. The lowest BCUT2D eigenvalue weighted by Crippen LogP contribution is -2.08. The van der Waals surface area contributed by atoms with Crippen LogP contribution in [0.1, 0.15) is 12.1 Å². The second kappa shape index (κ2) is 4.06. The molecule has 0 atom stereocenters. The smallest absolute Gasteiger partial charge is 0.173 e. The normalized spacial score (nSPS) is 10.1. The van der Waals surface area contributed by atoms with Gasteiger partial charge in [-0.2, -0.15) is 0 Å². The topological polar surface area (TPSA) is 40.7 Å². The van der Waals surface area contributed by atoms with Gasteiger partial charge in [0.2, 0.25) is 0 Å². The summed E-state index contributed by atoms with van der Waals surface area (Å²) >= 11 is 0. The van der Waals surface area contributed by atoms with Crippen LogP contribution < -0.4 is 5.32 Å². The van der Waals surface area contributed by atoms with Crippen molar-refractivity contribution in [3.63, 3.8) is 0 Å². The lowest BCUT2D eigenvalue weighted by atomic mass is 10.2. The van der Waals surface area contributed by atoms with Crippen molar-refractivity contribution in [3.8, 4) is 0 Å². The molecular weight excluding hydrogens is 126 g/mol. The summed E-state index contributed by atoms with van der Waals surface area (Å²) in [5.74, 6) is 0. The van der Waals surface area contributed by atoms with Crippen LogP contribution in [0.2, 0.25) is 0 Å². The molecule has 55 valence electrons. The molecule has 0 bridgehead atoms. The molecule has 0 amide bonds. The van der Waals surface area contributed by atoms with Gasteiger partial charge in [0.25, 0.3) is 0 Å². The zero-order valence-corrected chi connectivity index (χ0v) is 6.15. The third-order valence-corrected chi connectivity index (χ3v) is 1.36. The zero-order chi connectivity index (χ0) is 7.23. The number of aryl methyl sites for hydroxylation is 1. The van der Waals surface area contributed by atoms with Crippen molar-refractivity contribution in [2.75, 3.05) is 13.6 Å². The highest BCUT2D eigenvalue weighted by atomic mass is 14.9. The Kier molecular flexibility index (Phi) is 2.96. The minimum Gasteiger partial charge on any atom is -0.342 e. The maximum atomic E-state index is 3.98. The fourth-order valence-corrected chi connectivity index (χ4v) is 0.826. The Hall–Kier alpha value is -0.830. The van der Waals surface area contributed by atoms with E-state index in [1.807, 2.05) is 13.2 Å². The van der Waals surface area contributed by atoms with E-state index in [1.165, 1.54) is 0 Å². The largest absolute Gasteiger partial charge is 0.342 e. The van der Waals surface area contributed by atoms with Crippen LogP contribution in [0.15, 0.2) is 6.20 Å². The van der Waals surface area contributed by atoms with Crippen molar-refractivity contribution < 1.29 is 0 Å². The zero-order valence-electron chi connectivity index (χ0n) is 6.15. The number of aromatic amines is 1. The quantitative estimate of drug-likeness (QED) is 0.590. The van der Waals surface area contributed by atoms with Crippen LogP contribution in [0, 0.1) is 6.33 Å². The molecule has 1 aromatic rings. The second-order valence-electron chi connectivity index (χ2n) is 2.21. The van der Waals surface area contributed by atoms with E-state index >= 15 is 0 Å². The number of aromatic nitrogens is 2. The Labute approximate surface area is 60.9 Å². The molecule has 1 aromatic heterocycles. The second-order valence-corrected chi connectivity index (χ2v) is 2.21. The first-order valence-corrected chi connectivity index (χ1v) is 3.48. The van der Waals surface area contributed by atoms with Gasteiger partial charge in [-0.15, -0.1) is 0 Å². The Morgan fingerprint density at radius 2 is 2.70 bits per heavy atom. The number of hydrogen-bond acceptors (Lipinski definition) is 2. The third-order valence-electron chi connectivity index (χ3n) is 1.36. The molecule has 0 unspecified atom stereocenters. The van der Waals surface area contributed by atoms with Crippen LogP contribution in [-0.2, 0) is 6.42 Å². The van der Waals surface area contributed by atoms with Crippen LogP contribution in [0.25, 0.3) is 0 Å². The van der Waals surface area contributed by atoms with E-state index in [2.05, 4.69) is 21.6 Å². The molecule has 0 aromatic carbocycles. The van der Waals surface area contributed by atoms with Crippen molar-refractivity contribution in [2.24, 2.45) is 0 Å². The molecule has 10 heavy (non-hydrogen) atoms. The molecule has 0 fully saturated rings. The summed E-state index contributed by atoms with van der Waals surface area (Å²) in [6.07, 6.45) is 6.71. The molecule has 1 rings (SSSR count). The van der Waals surface area contributed by atoms with Crippen molar-refractivity contribution >= 4 is 0 Å². The predicted octanol–water partition coefficient (Wildman–Crippen LogP) is 0.362. The van der Waals surface area contributed by atoms with Crippen LogP contribution in [0.5, 0.6) is 0 Å². The molecule has 0 aliphatic heterocycles. The minimum atomic E-state index is 1.03. The maximum absolute atomic E-state index is 3.98. The molecular formula is C7H12N3. The predicted molar refractivity (Wildman–Crippen MR) is 39.7 cm³/mol. The van der Waals surface area contributed by atoms with E-state index in [1.54, 1.807) is 0 Å². The number of H-pyrrole nitrogens is 1. The highest BCUT2D eigenvalue weighted by Crippen LogP contribution is 1.94. The molecule has 3 nitrogen and oxygen atoms in total. The van der Waals surface area contributed by atoms with Gasteiger partial charge in [-0.05, 0) is 26.4 Å². The van der Waals surface area contributed by atoms with Crippen LogP contribution in [0.3, 0.4) is 0 Å². The summed E-state index contributed by atoms with van der Waals surface area (Å²) in [5, 5.41) is 3.08. The highest BCUT2D eigenvalue weighted by Gasteiger charge is 1.92. The first-order chi connectivity index (χ1) is 4.93. The molecule has 0 saturated heterocycles. The average Bonchev–Trinajstić information content (AvgIpc) is 2.41. The highest BCUT2D eigenvalue weighted by molar-refractivity contribution is 4.93. The Bertz CT molecular complexity index is 157. The third kappa shape index (κ3) is 2.19. The first-order valence-electron chi connectivity index (χ1n) is 3.48. The van der Waals surface area contributed by atoms with Crippen molar-refractivity contribution in [2.45, 2.75) is 12.8 Å². The number of imidazole rings is 1. The van der Waals surface area contributed by atoms with Crippen molar-refractivity contribution in [1.82, 2.24) is 15.3 Å². The molecule has 0 saturated carbocycles. The lowest BCUT2D eigenvalue weighted by Gasteiger charge is -1.94. The molecule has 0 spiro atoms. The molecule has 1 radical (unpaired) electrons. The summed E-state index contributed by atoms with van der Waals surface area (Å²) in [5.41, 5.74) is 1.09.